The second-order valence-electron chi connectivity index (χ2n) is 1.72. The van der Waals surface area contributed by atoms with Gasteiger partial charge in [-0.3, -0.25) is 8.22 Å². The predicted molar refractivity (Wildman–Crippen MR) is 33.5 cm³/mol. The second kappa shape index (κ2) is 3.40. The summed E-state index contributed by atoms with van der Waals surface area (Å²) in [7, 11) is -4.21. The van der Waals surface area contributed by atoms with Crippen LogP contribution in [0.2, 0.25) is 6.04 Å². The lowest BCUT2D eigenvalue weighted by molar-refractivity contribution is 0.622. The van der Waals surface area contributed by atoms with Crippen molar-refractivity contribution >= 4 is 19.1 Å². The molecule has 0 nitrogen and oxygen atoms in total. The molecular weight excluding hydrogens is 150 g/mol. The number of hydrogen-bond donors (Lipinski definition) is 0. The van der Waals surface area contributed by atoms with E-state index in [0.29, 0.717) is 6.42 Å². The van der Waals surface area contributed by atoms with E-state index in [4.69, 9.17) is 11.1 Å². The molecule has 0 saturated carbocycles. The molecule has 0 fully saturated rings. The third-order valence-electron chi connectivity index (χ3n) is 0.814. The zero-order valence-electron chi connectivity index (χ0n) is 4.76. The van der Waals surface area contributed by atoms with Crippen molar-refractivity contribution in [2.75, 3.05) is 0 Å². The van der Waals surface area contributed by atoms with Crippen LogP contribution < -0.4 is 0 Å². The molecule has 0 N–H and O–H groups in total. The lowest BCUT2D eigenvalue weighted by Crippen LogP contribution is -2.11. The van der Waals surface area contributed by atoms with Crippen LogP contribution in [-0.2, 0) is 0 Å². The number of halogens is 3. The van der Waals surface area contributed by atoms with Gasteiger partial charge in [0.2, 0.25) is 0 Å². The van der Waals surface area contributed by atoms with E-state index >= 15 is 0 Å². The first-order valence-corrected chi connectivity index (χ1v) is 5.60. The Morgan fingerprint density at radius 1 is 1.50 bits per heavy atom. The first-order chi connectivity index (χ1) is 3.56. The zero-order chi connectivity index (χ0) is 6.62. The average Bonchev–Trinajstić information content (AvgIpc) is 1.59. The van der Waals surface area contributed by atoms with Crippen LogP contribution in [0.4, 0.5) is 8.22 Å². The third-order valence-corrected chi connectivity index (χ3v) is 2.30. The van der Waals surface area contributed by atoms with Crippen LogP contribution >= 0.6 is 11.1 Å². The molecule has 0 aliphatic carbocycles. The predicted octanol–water partition coefficient (Wildman–Crippen LogP) is 2.90. The van der Waals surface area contributed by atoms with Gasteiger partial charge in [0.15, 0.2) is 0 Å². The summed E-state index contributed by atoms with van der Waals surface area (Å²) in [5, 5.41) is 0. The van der Waals surface area contributed by atoms with Crippen molar-refractivity contribution in [3.8, 4) is 0 Å². The monoisotopic (exact) mass is 158 g/mol. The topological polar surface area (TPSA) is 0 Å². The number of hydrogen-bond acceptors (Lipinski definition) is 0. The van der Waals surface area contributed by atoms with Crippen molar-refractivity contribution in [1.29, 1.82) is 0 Å². The maximum atomic E-state index is 11.8. The molecule has 0 aliphatic heterocycles. The van der Waals surface area contributed by atoms with E-state index in [-0.39, 0.29) is 6.04 Å². The summed E-state index contributed by atoms with van der Waals surface area (Å²) in [5.41, 5.74) is 0. The minimum atomic E-state index is -4.21. The van der Waals surface area contributed by atoms with Crippen LogP contribution in [0.3, 0.4) is 0 Å². The van der Waals surface area contributed by atoms with E-state index in [0.717, 1.165) is 6.42 Å². The Morgan fingerprint density at radius 3 is 2.12 bits per heavy atom. The van der Waals surface area contributed by atoms with Crippen molar-refractivity contribution in [2.24, 2.45) is 0 Å². The molecule has 0 spiro atoms. The summed E-state index contributed by atoms with van der Waals surface area (Å²) in [4.78, 5) is 0. The van der Waals surface area contributed by atoms with Crippen molar-refractivity contribution in [3.05, 3.63) is 0 Å². The van der Waals surface area contributed by atoms with E-state index < -0.39 is 8.05 Å². The molecule has 0 aromatic carbocycles. The molecule has 0 rings (SSSR count). The molecule has 8 heavy (non-hydrogen) atoms. The summed E-state index contributed by atoms with van der Waals surface area (Å²) in [6, 6.07) is -0.0644. The molecule has 0 aliphatic rings. The van der Waals surface area contributed by atoms with E-state index in [1.165, 1.54) is 0 Å². The fourth-order valence-corrected chi connectivity index (χ4v) is 1.53. The van der Waals surface area contributed by atoms with Crippen molar-refractivity contribution in [1.82, 2.24) is 0 Å². The summed E-state index contributed by atoms with van der Waals surface area (Å²) < 4.78 is 23.6. The highest BCUT2D eigenvalue weighted by Crippen LogP contribution is 2.20. The quantitative estimate of drug-likeness (QED) is 0.438. The average molecular weight is 159 g/mol. The van der Waals surface area contributed by atoms with Crippen LogP contribution in [0, 0.1) is 0 Å². The second-order valence-corrected chi connectivity index (χ2v) is 5.11. The highest BCUT2D eigenvalue weighted by atomic mass is 35.6. The van der Waals surface area contributed by atoms with Gasteiger partial charge in [0, 0.05) is 6.04 Å². The molecule has 0 unspecified atom stereocenters. The molecule has 0 atom stereocenters. The van der Waals surface area contributed by atoms with Crippen LogP contribution in [0.25, 0.3) is 0 Å². The van der Waals surface area contributed by atoms with E-state index in [1.54, 1.807) is 0 Å². The SMILES string of the molecule is CCCC[Si](F)(F)Cl. The van der Waals surface area contributed by atoms with E-state index in [9.17, 15) is 8.22 Å². The van der Waals surface area contributed by atoms with Gasteiger partial charge in [-0.25, -0.2) is 0 Å². The van der Waals surface area contributed by atoms with Gasteiger partial charge < -0.3 is 0 Å². The first-order valence-electron chi connectivity index (χ1n) is 2.63. The van der Waals surface area contributed by atoms with Gasteiger partial charge in [-0.15, -0.1) is 0 Å². The smallest absolute Gasteiger partial charge is 0.253 e. The molecule has 0 amide bonds. The molecule has 0 aromatic rings. The van der Waals surface area contributed by atoms with Crippen molar-refractivity contribution in [2.45, 2.75) is 25.8 Å². The normalized spacial score (nSPS) is 12.0. The van der Waals surface area contributed by atoms with Crippen LogP contribution in [0.15, 0.2) is 0 Å². The maximum Gasteiger partial charge on any atom is 0.521 e. The highest BCUT2D eigenvalue weighted by Gasteiger charge is 2.30. The fraction of sp³-hybridized carbons (Fsp3) is 1.00. The summed E-state index contributed by atoms with van der Waals surface area (Å²) in [6.45, 7) is 1.87. The fourth-order valence-electron chi connectivity index (χ4n) is 0.377. The highest BCUT2D eigenvalue weighted by molar-refractivity contribution is 7.12. The Morgan fingerprint density at radius 2 is 2.00 bits per heavy atom. The van der Waals surface area contributed by atoms with E-state index in [1.807, 2.05) is 6.92 Å². The molecule has 0 radical (unpaired) electrons. The van der Waals surface area contributed by atoms with Gasteiger partial charge >= 0.3 is 8.05 Å². The van der Waals surface area contributed by atoms with Crippen molar-refractivity contribution < 1.29 is 8.22 Å². The third kappa shape index (κ3) is 6.37. The molecule has 0 saturated heterocycles. The lowest BCUT2D eigenvalue weighted by Gasteiger charge is -1.99. The molecule has 0 bridgehead atoms. The minimum absolute atomic E-state index is 0.0644. The Bertz CT molecular complexity index is 61.5. The van der Waals surface area contributed by atoms with Crippen molar-refractivity contribution in [3.63, 3.8) is 0 Å². The van der Waals surface area contributed by atoms with Gasteiger partial charge in [-0.2, -0.15) is 0 Å². The molecule has 0 aromatic heterocycles. The maximum absolute atomic E-state index is 11.8. The Kier molecular flexibility index (Phi) is 3.56. The van der Waals surface area contributed by atoms with Crippen LogP contribution in [-0.4, -0.2) is 8.05 Å². The van der Waals surface area contributed by atoms with E-state index in [2.05, 4.69) is 0 Å². The first kappa shape index (κ1) is 8.37. The molecule has 4 heteroatoms. The van der Waals surface area contributed by atoms with Gasteiger partial charge in [-0.05, 0) is 6.42 Å². The molecular formula is C4H9ClF2Si. The minimum Gasteiger partial charge on any atom is -0.253 e. The van der Waals surface area contributed by atoms with Crippen LogP contribution in [0.5, 0.6) is 0 Å². The Balaban J connectivity index is 3.11. The van der Waals surface area contributed by atoms with Gasteiger partial charge in [0.25, 0.3) is 0 Å². The number of unbranched alkanes of at least 4 members (excludes halogenated alkanes) is 1. The standard InChI is InChI=1S/C4H9ClF2Si/c1-2-3-4-8(5,6)7/h2-4H2,1H3. The summed E-state index contributed by atoms with van der Waals surface area (Å²) in [6.07, 6.45) is 1.36. The van der Waals surface area contributed by atoms with Crippen LogP contribution in [0.1, 0.15) is 19.8 Å². The largest absolute Gasteiger partial charge is 0.521 e. The summed E-state index contributed by atoms with van der Waals surface area (Å²) in [5.74, 6) is 0. The summed E-state index contributed by atoms with van der Waals surface area (Å²) >= 11 is 4.72. The van der Waals surface area contributed by atoms with Gasteiger partial charge in [0.1, 0.15) is 0 Å². The Labute approximate surface area is 53.9 Å². The lowest BCUT2D eigenvalue weighted by atomic mass is 10.4. The van der Waals surface area contributed by atoms with Gasteiger partial charge in [0.05, 0.1) is 0 Å². The number of rotatable bonds is 3. The van der Waals surface area contributed by atoms with Gasteiger partial charge in [-0.1, -0.05) is 24.4 Å². The Hall–Kier alpha value is 0.367. The molecule has 0 heterocycles. The molecule has 50 valence electrons. The zero-order valence-corrected chi connectivity index (χ0v) is 6.51.